The Morgan fingerprint density at radius 3 is 2.94 bits per heavy atom. The van der Waals surface area contributed by atoms with Gasteiger partial charge in [-0.1, -0.05) is 0 Å². The lowest BCUT2D eigenvalue weighted by Crippen LogP contribution is -2.19. The van der Waals surface area contributed by atoms with E-state index in [9.17, 15) is 0 Å². The summed E-state index contributed by atoms with van der Waals surface area (Å²) in [5, 5.41) is 13.1. The van der Waals surface area contributed by atoms with E-state index in [1.165, 1.54) is 0 Å². The topological polar surface area (TPSA) is 71.2 Å². The lowest BCUT2D eigenvalue weighted by molar-refractivity contribution is 0.281. The molecule has 4 nitrogen and oxygen atoms in total. The quantitative estimate of drug-likeness (QED) is 0.683. The lowest BCUT2D eigenvalue weighted by Gasteiger charge is -2.11. The maximum absolute atomic E-state index is 8.94. The van der Waals surface area contributed by atoms with Gasteiger partial charge in [0.1, 0.15) is 5.82 Å². The fourth-order valence-corrected chi connectivity index (χ4v) is 1.52. The first-order valence-corrected chi connectivity index (χ1v) is 5.23. The van der Waals surface area contributed by atoms with Gasteiger partial charge in [0.25, 0.3) is 0 Å². The summed E-state index contributed by atoms with van der Waals surface area (Å²) in [6.07, 6.45) is 0. The molecule has 0 amide bonds. The van der Waals surface area contributed by atoms with Gasteiger partial charge in [-0.3, -0.25) is 0 Å². The number of pyridine rings is 1. The number of fused-ring (bicyclic) bond motifs is 1. The number of hydrogen-bond acceptors (Lipinski definition) is 4. The van der Waals surface area contributed by atoms with Crippen molar-refractivity contribution >= 4 is 22.4 Å². The van der Waals surface area contributed by atoms with Gasteiger partial charge in [-0.15, -0.1) is 0 Å². The number of hydrogen-bond donors (Lipinski definition) is 3. The first-order valence-electron chi connectivity index (χ1n) is 5.23. The molecule has 84 valence electrons. The number of nitrogens with two attached hydrogens (primary N) is 1. The van der Waals surface area contributed by atoms with Crippen LogP contribution in [0.1, 0.15) is 6.92 Å². The highest BCUT2D eigenvalue weighted by atomic mass is 16.3. The van der Waals surface area contributed by atoms with Gasteiger partial charge in [-0.05, 0) is 37.3 Å². The number of aliphatic hydroxyl groups is 1. The highest BCUT2D eigenvalue weighted by Crippen LogP contribution is 2.18. The highest BCUT2D eigenvalue weighted by molar-refractivity contribution is 5.83. The van der Waals surface area contributed by atoms with Crippen molar-refractivity contribution in [1.82, 2.24) is 4.98 Å². The van der Waals surface area contributed by atoms with Gasteiger partial charge < -0.3 is 16.2 Å². The summed E-state index contributed by atoms with van der Waals surface area (Å²) < 4.78 is 0. The minimum absolute atomic E-state index is 0.00117. The third-order valence-corrected chi connectivity index (χ3v) is 2.38. The van der Waals surface area contributed by atoms with Gasteiger partial charge in [-0.25, -0.2) is 4.98 Å². The number of aromatic nitrogens is 1. The molecule has 1 unspecified atom stereocenters. The average molecular weight is 217 g/mol. The van der Waals surface area contributed by atoms with E-state index < -0.39 is 0 Å². The van der Waals surface area contributed by atoms with Crippen LogP contribution in [0.15, 0.2) is 30.3 Å². The van der Waals surface area contributed by atoms with Crippen LogP contribution in [-0.4, -0.2) is 22.7 Å². The van der Waals surface area contributed by atoms with E-state index in [-0.39, 0.29) is 12.6 Å². The Kier molecular flexibility index (Phi) is 2.92. The second-order valence-corrected chi connectivity index (χ2v) is 3.88. The molecule has 4 heteroatoms. The molecule has 4 N–H and O–H groups in total. The van der Waals surface area contributed by atoms with Crippen LogP contribution >= 0.6 is 0 Å². The number of anilines is 2. The minimum atomic E-state index is -0.00117. The van der Waals surface area contributed by atoms with E-state index in [2.05, 4.69) is 10.3 Å². The van der Waals surface area contributed by atoms with E-state index in [0.29, 0.717) is 0 Å². The maximum Gasteiger partial charge on any atom is 0.126 e. The first kappa shape index (κ1) is 10.7. The molecule has 0 bridgehead atoms. The molecule has 2 rings (SSSR count). The molecule has 2 aromatic rings. The van der Waals surface area contributed by atoms with Gasteiger partial charge in [0, 0.05) is 17.1 Å². The van der Waals surface area contributed by atoms with Crippen molar-refractivity contribution in [3.63, 3.8) is 0 Å². The highest BCUT2D eigenvalue weighted by Gasteiger charge is 2.02. The molecular weight excluding hydrogens is 202 g/mol. The monoisotopic (exact) mass is 217 g/mol. The minimum Gasteiger partial charge on any atom is -0.399 e. The Morgan fingerprint density at radius 1 is 1.38 bits per heavy atom. The van der Waals surface area contributed by atoms with Crippen LogP contribution < -0.4 is 11.1 Å². The summed E-state index contributed by atoms with van der Waals surface area (Å²) in [6, 6.07) is 9.45. The summed E-state index contributed by atoms with van der Waals surface area (Å²) in [4.78, 5) is 4.43. The predicted molar refractivity (Wildman–Crippen MR) is 66.3 cm³/mol. The van der Waals surface area contributed by atoms with Crippen LogP contribution in [0.2, 0.25) is 0 Å². The Labute approximate surface area is 94.1 Å². The average Bonchev–Trinajstić information content (AvgIpc) is 2.29. The van der Waals surface area contributed by atoms with Crippen molar-refractivity contribution in [2.75, 3.05) is 17.7 Å². The van der Waals surface area contributed by atoms with Crippen LogP contribution in [0.5, 0.6) is 0 Å². The molecule has 0 spiro atoms. The molecule has 1 heterocycles. The van der Waals surface area contributed by atoms with Crippen LogP contribution in [0.25, 0.3) is 10.9 Å². The normalized spacial score (nSPS) is 12.6. The summed E-state index contributed by atoms with van der Waals surface area (Å²) in [5.41, 5.74) is 7.32. The van der Waals surface area contributed by atoms with Gasteiger partial charge >= 0.3 is 0 Å². The first-order chi connectivity index (χ1) is 7.69. The van der Waals surface area contributed by atoms with Gasteiger partial charge in [0.05, 0.1) is 12.1 Å². The van der Waals surface area contributed by atoms with Crippen molar-refractivity contribution in [3.05, 3.63) is 30.3 Å². The van der Waals surface area contributed by atoms with E-state index in [0.717, 1.165) is 22.4 Å². The summed E-state index contributed by atoms with van der Waals surface area (Å²) >= 11 is 0. The number of benzene rings is 1. The van der Waals surface area contributed by atoms with E-state index in [1.54, 1.807) is 0 Å². The Morgan fingerprint density at radius 2 is 2.19 bits per heavy atom. The fraction of sp³-hybridized carbons (Fsp3) is 0.250. The zero-order valence-electron chi connectivity index (χ0n) is 9.14. The van der Waals surface area contributed by atoms with Gasteiger partial charge in [0.2, 0.25) is 0 Å². The van der Waals surface area contributed by atoms with Crippen LogP contribution in [0, 0.1) is 0 Å². The van der Waals surface area contributed by atoms with Crippen molar-refractivity contribution < 1.29 is 5.11 Å². The molecule has 1 atom stereocenters. The predicted octanol–water partition coefficient (Wildman–Crippen LogP) is 1.61. The standard InChI is InChI=1S/C12H15N3O/c1-8(7-16)14-12-5-2-9-6-10(13)3-4-11(9)15-12/h2-6,8,16H,7,13H2,1H3,(H,14,15). The molecule has 1 aromatic carbocycles. The molecule has 0 radical (unpaired) electrons. The number of rotatable bonds is 3. The number of nitrogens with zero attached hydrogens (tertiary/aromatic N) is 1. The third kappa shape index (κ3) is 2.23. The zero-order chi connectivity index (χ0) is 11.5. The van der Waals surface area contributed by atoms with Crippen molar-refractivity contribution in [2.24, 2.45) is 0 Å². The Bertz CT molecular complexity index is 499. The van der Waals surface area contributed by atoms with Crippen LogP contribution in [-0.2, 0) is 0 Å². The van der Waals surface area contributed by atoms with Crippen molar-refractivity contribution in [1.29, 1.82) is 0 Å². The number of aliphatic hydroxyl groups excluding tert-OH is 1. The van der Waals surface area contributed by atoms with Crippen LogP contribution in [0.3, 0.4) is 0 Å². The molecule has 16 heavy (non-hydrogen) atoms. The smallest absolute Gasteiger partial charge is 0.126 e. The molecule has 0 aliphatic rings. The zero-order valence-corrected chi connectivity index (χ0v) is 9.14. The van der Waals surface area contributed by atoms with E-state index in [1.807, 2.05) is 37.3 Å². The molecular formula is C12H15N3O. The van der Waals surface area contributed by atoms with Crippen LogP contribution in [0.4, 0.5) is 11.5 Å². The second kappa shape index (κ2) is 4.37. The summed E-state index contributed by atoms with van der Waals surface area (Å²) in [5.74, 6) is 0.763. The molecule has 0 aliphatic heterocycles. The van der Waals surface area contributed by atoms with Gasteiger partial charge in [0.15, 0.2) is 0 Å². The van der Waals surface area contributed by atoms with Gasteiger partial charge in [-0.2, -0.15) is 0 Å². The summed E-state index contributed by atoms with van der Waals surface area (Å²) in [7, 11) is 0. The van der Waals surface area contributed by atoms with E-state index >= 15 is 0 Å². The lowest BCUT2D eigenvalue weighted by atomic mass is 10.2. The Hall–Kier alpha value is -1.81. The fourth-order valence-electron chi connectivity index (χ4n) is 1.52. The molecule has 1 aromatic heterocycles. The van der Waals surface area contributed by atoms with Crippen molar-refractivity contribution in [3.8, 4) is 0 Å². The second-order valence-electron chi connectivity index (χ2n) is 3.88. The summed E-state index contributed by atoms with van der Waals surface area (Å²) in [6.45, 7) is 1.98. The molecule has 0 fully saturated rings. The molecule has 0 saturated carbocycles. The Balaban J connectivity index is 2.33. The number of nitrogen functional groups attached to an aromatic ring is 1. The largest absolute Gasteiger partial charge is 0.399 e. The molecule has 0 aliphatic carbocycles. The van der Waals surface area contributed by atoms with E-state index in [4.69, 9.17) is 10.8 Å². The van der Waals surface area contributed by atoms with Crippen molar-refractivity contribution in [2.45, 2.75) is 13.0 Å². The molecule has 0 saturated heterocycles. The third-order valence-electron chi connectivity index (χ3n) is 2.38. The SMILES string of the molecule is CC(CO)Nc1ccc2cc(N)ccc2n1. The maximum atomic E-state index is 8.94. The number of nitrogens with one attached hydrogen (secondary N) is 1.